The van der Waals surface area contributed by atoms with Crippen LogP contribution in [0.25, 0.3) is 0 Å². The Kier molecular flexibility index (Phi) is 4.74. The van der Waals surface area contributed by atoms with Crippen LogP contribution < -0.4 is 0 Å². The first-order valence-electron chi connectivity index (χ1n) is 8.01. The van der Waals surface area contributed by atoms with Crippen molar-refractivity contribution in [2.75, 3.05) is 13.7 Å². The molecule has 1 aromatic heterocycles. The van der Waals surface area contributed by atoms with Crippen LogP contribution in [-0.4, -0.2) is 32.3 Å². The number of hydrogen-bond donors (Lipinski definition) is 0. The summed E-state index contributed by atoms with van der Waals surface area (Å²) in [7, 11) is -2.54. The number of ether oxygens (including phenoxy) is 1. The number of methoxy groups -OCH3 is 1. The zero-order valence-electron chi connectivity index (χ0n) is 14.7. The van der Waals surface area contributed by atoms with E-state index >= 15 is 0 Å². The van der Waals surface area contributed by atoms with Crippen LogP contribution in [0.2, 0.25) is 0 Å². The predicted molar refractivity (Wildman–Crippen MR) is 97.3 cm³/mol. The molecule has 2 heterocycles. The maximum absolute atomic E-state index is 13.4. The van der Waals surface area contributed by atoms with Crippen LogP contribution >= 0.6 is 11.3 Å². The van der Waals surface area contributed by atoms with Gasteiger partial charge in [-0.05, 0) is 55.3 Å². The van der Waals surface area contributed by atoms with Gasteiger partial charge in [0.25, 0.3) is 0 Å². The van der Waals surface area contributed by atoms with E-state index in [-0.39, 0.29) is 11.4 Å². The minimum Gasteiger partial charge on any atom is -0.468 e. The number of fused-ring (bicyclic) bond motifs is 1. The van der Waals surface area contributed by atoms with Gasteiger partial charge in [0.05, 0.1) is 12.0 Å². The average Bonchev–Trinajstić information content (AvgIpc) is 3.00. The maximum Gasteiger partial charge on any atom is 0.328 e. The highest BCUT2D eigenvalue weighted by molar-refractivity contribution is 7.89. The fourth-order valence-electron chi connectivity index (χ4n) is 3.60. The number of esters is 1. The number of rotatable bonds is 3. The number of aryl methyl sites for hydroxylation is 3. The molecular formula is C18H21NO4S2. The van der Waals surface area contributed by atoms with E-state index in [0.717, 1.165) is 16.0 Å². The molecule has 1 aliphatic rings. The second-order valence-electron chi connectivity index (χ2n) is 6.32. The molecule has 7 heteroatoms. The van der Waals surface area contributed by atoms with Gasteiger partial charge in [-0.25, -0.2) is 13.2 Å². The monoisotopic (exact) mass is 379 g/mol. The number of carbonyl (C=O) groups excluding carboxylic acids is 1. The van der Waals surface area contributed by atoms with Gasteiger partial charge < -0.3 is 4.74 Å². The first-order valence-corrected chi connectivity index (χ1v) is 10.3. The van der Waals surface area contributed by atoms with Crippen molar-refractivity contribution in [1.29, 1.82) is 0 Å². The van der Waals surface area contributed by atoms with Crippen LogP contribution in [0.1, 0.15) is 33.2 Å². The summed E-state index contributed by atoms with van der Waals surface area (Å²) >= 11 is 1.54. The maximum atomic E-state index is 13.4. The van der Waals surface area contributed by atoms with Gasteiger partial charge >= 0.3 is 5.97 Å². The van der Waals surface area contributed by atoms with Gasteiger partial charge in [-0.2, -0.15) is 4.31 Å². The van der Waals surface area contributed by atoms with Gasteiger partial charge in [-0.15, -0.1) is 11.3 Å². The van der Waals surface area contributed by atoms with Gasteiger partial charge in [0.15, 0.2) is 0 Å². The number of nitrogens with zero attached hydrogens (tertiary/aromatic N) is 1. The molecule has 0 saturated carbocycles. The molecule has 5 nitrogen and oxygen atoms in total. The van der Waals surface area contributed by atoms with Crippen molar-refractivity contribution in [3.05, 3.63) is 50.7 Å². The van der Waals surface area contributed by atoms with E-state index in [4.69, 9.17) is 4.74 Å². The Balaban J connectivity index is 2.15. The lowest BCUT2D eigenvalue weighted by molar-refractivity contribution is -0.145. The Bertz CT molecular complexity index is 907. The summed E-state index contributed by atoms with van der Waals surface area (Å²) in [4.78, 5) is 13.7. The van der Waals surface area contributed by atoms with Crippen LogP contribution in [0.15, 0.2) is 28.5 Å². The number of hydrogen-bond acceptors (Lipinski definition) is 5. The molecular weight excluding hydrogens is 358 g/mol. The van der Waals surface area contributed by atoms with E-state index in [0.29, 0.717) is 17.5 Å². The molecule has 0 fully saturated rings. The van der Waals surface area contributed by atoms with Gasteiger partial charge in [0, 0.05) is 11.4 Å². The minimum atomic E-state index is -3.83. The zero-order valence-corrected chi connectivity index (χ0v) is 16.3. The Morgan fingerprint density at radius 2 is 1.88 bits per heavy atom. The summed E-state index contributed by atoms with van der Waals surface area (Å²) in [5.74, 6) is -0.551. The van der Waals surface area contributed by atoms with Gasteiger partial charge in [0.1, 0.15) is 6.04 Å². The van der Waals surface area contributed by atoms with Crippen LogP contribution in [0.5, 0.6) is 0 Å². The summed E-state index contributed by atoms with van der Waals surface area (Å²) in [6, 6.07) is 4.60. The second-order valence-corrected chi connectivity index (χ2v) is 9.15. The fraction of sp³-hybridized carbons (Fsp3) is 0.389. The van der Waals surface area contributed by atoms with Crippen molar-refractivity contribution in [2.24, 2.45) is 0 Å². The van der Waals surface area contributed by atoms with Crippen molar-refractivity contribution >= 4 is 27.3 Å². The third-order valence-electron chi connectivity index (χ3n) is 4.52. The number of carbonyl (C=O) groups is 1. The molecule has 25 heavy (non-hydrogen) atoms. The highest BCUT2D eigenvalue weighted by Gasteiger charge is 2.42. The standard InChI is InChI=1S/C18H21NO4S2/c1-11-9-12(2)17(13(3)10-11)25(21,22)19-7-5-15-14(6-8-24-15)16(19)18(20)23-4/h6,8-10,16H,5,7H2,1-4H3. The van der Waals surface area contributed by atoms with E-state index in [1.54, 1.807) is 25.2 Å². The molecule has 1 aromatic carbocycles. The van der Waals surface area contributed by atoms with Crippen LogP contribution in [0.3, 0.4) is 0 Å². The molecule has 3 rings (SSSR count). The third kappa shape index (κ3) is 3.01. The summed E-state index contributed by atoms with van der Waals surface area (Å²) < 4.78 is 33.1. The Labute approximate surface area is 152 Å². The Morgan fingerprint density at radius 3 is 2.48 bits per heavy atom. The molecule has 0 saturated heterocycles. The summed E-state index contributed by atoms with van der Waals surface area (Å²) in [6.07, 6.45) is 0.601. The van der Waals surface area contributed by atoms with Crippen LogP contribution in [-0.2, 0) is 26.0 Å². The number of benzene rings is 1. The molecule has 0 N–H and O–H groups in total. The molecule has 2 aromatic rings. The summed E-state index contributed by atoms with van der Waals surface area (Å²) in [6.45, 7) is 5.79. The van der Waals surface area contributed by atoms with Crippen molar-refractivity contribution in [1.82, 2.24) is 4.31 Å². The first kappa shape index (κ1) is 18.1. The van der Waals surface area contributed by atoms with E-state index in [9.17, 15) is 13.2 Å². The largest absolute Gasteiger partial charge is 0.468 e. The topological polar surface area (TPSA) is 63.7 Å². The second kappa shape index (κ2) is 6.55. The normalized spacial score (nSPS) is 18.0. The van der Waals surface area contributed by atoms with Gasteiger partial charge in [-0.3, -0.25) is 0 Å². The Hall–Kier alpha value is -1.70. The molecule has 1 atom stereocenters. The molecule has 1 aliphatic heterocycles. The zero-order chi connectivity index (χ0) is 18.4. The first-order chi connectivity index (χ1) is 11.8. The Morgan fingerprint density at radius 1 is 1.24 bits per heavy atom. The lowest BCUT2D eigenvalue weighted by Crippen LogP contribution is -2.43. The molecule has 0 aliphatic carbocycles. The SMILES string of the molecule is COC(=O)C1c2ccsc2CCN1S(=O)(=O)c1c(C)cc(C)cc1C. The minimum absolute atomic E-state index is 0.266. The molecule has 134 valence electrons. The smallest absolute Gasteiger partial charge is 0.328 e. The number of thiophene rings is 1. The molecule has 0 radical (unpaired) electrons. The lowest BCUT2D eigenvalue weighted by atomic mass is 10.0. The molecule has 0 amide bonds. The van der Waals surface area contributed by atoms with Gasteiger partial charge in [-0.1, -0.05) is 17.7 Å². The molecule has 1 unspecified atom stereocenters. The van der Waals surface area contributed by atoms with Crippen LogP contribution in [0, 0.1) is 20.8 Å². The lowest BCUT2D eigenvalue weighted by Gasteiger charge is -2.33. The predicted octanol–water partition coefficient (Wildman–Crippen LogP) is 3.13. The summed E-state index contributed by atoms with van der Waals surface area (Å²) in [5, 5.41) is 1.89. The fourth-order valence-corrected chi connectivity index (χ4v) is 6.48. The quantitative estimate of drug-likeness (QED) is 0.769. The highest BCUT2D eigenvalue weighted by Crippen LogP contribution is 2.38. The van der Waals surface area contributed by atoms with Crippen molar-refractivity contribution in [3.63, 3.8) is 0 Å². The third-order valence-corrected chi connectivity index (χ3v) is 7.68. The van der Waals surface area contributed by atoms with Crippen molar-refractivity contribution in [3.8, 4) is 0 Å². The van der Waals surface area contributed by atoms with Crippen molar-refractivity contribution < 1.29 is 17.9 Å². The van der Waals surface area contributed by atoms with Crippen molar-refractivity contribution in [2.45, 2.75) is 38.1 Å². The molecule has 0 bridgehead atoms. The van der Waals surface area contributed by atoms with Gasteiger partial charge in [0.2, 0.25) is 10.0 Å². The van der Waals surface area contributed by atoms with E-state index in [1.807, 2.05) is 30.5 Å². The number of sulfonamides is 1. The highest BCUT2D eigenvalue weighted by atomic mass is 32.2. The molecule has 0 spiro atoms. The summed E-state index contributed by atoms with van der Waals surface area (Å²) in [5.41, 5.74) is 3.13. The van der Waals surface area contributed by atoms with E-state index < -0.39 is 22.0 Å². The average molecular weight is 380 g/mol. The van der Waals surface area contributed by atoms with Crippen LogP contribution in [0.4, 0.5) is 0 Å². The van der Waals surface area contributed by atoms with E-state index in [2.05, 4.69) is 0 Å². The van der Waals surface area contributed by atoms with E-state index in [1.165, 1.54) is 11.4 Å².